The SMILES string of the molecule is Cc1cccc([C@@H]2CC(c3ccccc3NS(C)(=O)=O)=NN2C(=O)c2cccs2)c1. The van der Waals surface area contributed by atoms with E-state index in [4.69, 9.17) is 0 Å². The molecule has 2 heterocycles. The minimum atomic E-state index is -3.45. The Morgan fingerprint density at radius 2 is 1.93 bits per heavy atom. The van der Waals surface area contributed by atoms with Crippen LogP contribution >= 0.6 is 11.3 Å². The molecule has 1 aromatic heterocycles. The van der Waals surface area contributed by atoms with E-state index in [-0.39, 0.29) is 11.9 Å². The Kier molecular flexibility index (Phi) is 5.44. The zero-order valence-electron chi connectivity index (χ0n) is 16.6. The second-order valence-electron chi connectivity index (χ2n) is 7.23. The molecule has 0 saturated carbocycles. The Bertz CT molecular complexity index is 1220. The summed E-state index contributed by atoms with van der Waals surface area (Å²) in [6.07, 6.45) is 1.60. The van der Waals surface area contributed by atoms with Crippen molar-refractivity contribution in [2.24, 2.45) is 5.10 Å². The van der Waals surface area contributed by atoms with E-state index in [2.05, 4.69) is 15.9 Å². The minimum absolute atomic E-state index is 0.167. The number of thiophene rings is 1. The van der Waals surface area contributed by atoms with Crippen LogP contribution in [0.25, 0.3) is 0 Å². The molecule has 0 radical (unpaired) electrons. The second kappa shape index (κ2) is 8.04. The van der Waals surface area contributed by atoms with Crippen LogP contribution in [0.1, 0.15) is 38.8 Å². The first-order chi connectivity index (χ1) is 14.3. The maximum absolute atomic E-state index is 13.2. The quantitative estimate of drug-likeness (QED) is 0.639. The number of anilines is 1. The summed E-state index contributed by atoms with van der Waals surface area (Å²) in [5.74, 6) is -0.167. The van der Waals surface area contributed by atoms with Gasteiger partial charge in [-0.1, -0.05) is 54.1 Å². The lowest BCUT2D eigenvalue weighted by Crippen LogP contribution is -2.26. The van der Waals surface area contributed by atoms with Crippen molar-refractivity contribution >= 4 is 38.7 Å². The van der Waals surface area contributed by atoms with Gasteiger partial charge >= 0.3 is 0 Å². The molecule has 2 aromatic carbocycles. The molecule has 154 valence electrons. The van der Waals surface area contributed by atoms with Gasteiger partial charge < -0.3 is 0 Å². The number of amides is 1. The van der Waals surface area contributed by atoms with Crippen molar-refractivity contribution in [1.29, 1.82) is 0 Å². The first-order valence-electron chi connectivity index (χ1n) is 9.40. The number of nitrogens with zero attached hydrogens (tertiary/aromatic N) is 2. The number of rotatable bonds is 5. The van der Waals surface area contributed by atoms with E-state index in [0.717, 1.165) is 17.4 Å². The average Bonchev–Trinajstić information content (AvgIpc) is 3.37. The van der Waals surface area contributed by atoms with Crippen LogP contribution in [0.15, 0.2) is 71.1 Å². The number of hydrogen-bond donors (Lipinski definition) is 1. The molecule has 0 spiro atoms. The molecule has 1 N–H and O–H groups in total. The van der Waals surface area contributed by atoms with Gasteiger partial charge in [-0.25, -0.2) is 13.4 Å². The molecule has 30 heavy (non-hydrogen) atoms. The Labute approximate surface area is 179 Å². The molecule has 1 atom stereocenters. The standard InChI is InChI=1S/C22H21N3O3S2/c1-15-7-5-8-16(13-15)20-14-19(23-25(20)22(26)21-11-6-12-29-21)17-9-3-4-10-18(17)24-30(2,27)28/h3-13,20,24H,14H2,1-2H3/t20-/m0/s1. The number of para-hydroxylation sites is 1. The van der Waals surface area contributed by atoms with Gasteiger partial charge in [0.15, 0.2) is 0 Å². The lowest BCUT2D eigenvalue weighted by atomic mass is 9.96. The third-order valence-corrected chi connectivity index (χ3v) is 6.26. The van der Waals surface area contributed by atoms with Crippen molar-refractivity contribution in [1.82, 2.24) is 5.01 Å². The van der Waals surface area contributed by atoms with Crippen LogP contribution in [0.4, 0.5) is 5.69 Å². The summed E-state index contributed by atoms with van der Waals surface area (Å²) in [5, 5.41) is 8.05. The van der Waals surface area contributed by atoms with Crippen molar-refractivity contribution in [3.63, 3.8) is 0 Å². The van der Waals surface area contributed by atoms with Crippen LogP contribution in [0.3, 0.4) is 0 Å². The Morgan fingerprint density at radius 3 is 2.63 bits per heavy atom. The molecule has 0 fully saturated rings. The molecule has 6 nitrogen and oxygen atoms in total. The van der Waals surface area contributed by atoms with Crippen molar-refractivity contribution in [3.05, 3.63) is 87.6 Å². The van der Waals surface area contributed by atoms with Gasteiger partial charge in [0.2, 0.25) is 10.0 Å². The van der Waals surface area contributed by atoms with E-state index in [1.165, 1.54) is 16.3 Å². The highest BCUT2D eigenvalue weighted by atomic mass is 32.2. The second-order valence-corrected chi connectivity index (χ2v) is 9.92. The molecular weight excluding hydrogens is 418 g/mol. The van der Waals surface area contributed by atoms with Gasteiger partial charge in [-0.15, -0.1) is 11.3 Å². The van der Waals surface area contributed by atoms with Crippen molar-refractivity contribution < 1.29 is 13.2 Å². The topological polar surface area (TPSA) is 78.8 Å². The fourth-order valence-corrected chi connectivity index (χ4v) is 4.77. The third kappa shape index (κ3) is 4.29. The summed E-state index contributed by atoms with van der Waals surface area (Å²) >= 11 is 1.37. The molecular formula is C22H21N3O3S2. The number of aryl methyl sites for hydroxylation is 1. The van der Waals surface area contributed by atoms with E-state index in [1.54, 1.807) is 18.2 Å². The first-order valence-corrected chi connectivity index (χ1v) is 12.2. The summed E-state index contributed by atoms with van der Waals surface area (Å²) in [7, 11) is -3.45. The van der Waals surface area contributed by atoms with Crippen LogP contribution in [0.2, 0.25) is 0 Å². The lowest BCUT2D eigenvalue weighted by molar-refractivity contribution is 0.0716. The molecule has 1 aliphatic heterocycles. The van der Waals surface area contributed by atoms with Gasteiger partial charge in [0, 0.05) is 12.0 Å². The van der Waals surface area contributed by atoms with Crippen molar-refractivity contribution in [2.45, 2.75) is 19.4 Å². The highest BCUT2D eigenvalue weighted by Crippen LogP contribution is 2.36. The normalized spacial score (nSPS) is 16.4. The van der Waals surface area contributed by atoms with Crippen LogP contribution in [-0.2, 0) is 10.0 Å². The van der Waals surface area contributed by atoms with E-state index >= 15 is 0 Å². The van der Waals surface area contributed by atoms with Gasteiger partial charge in [0.25, 0.3) is 5.91 Å². The largest absolute Gasteiger partial charge is 0.284 e. The summed E-state index contributed by atoms with van der Waals surface area (Å²) in [4.78, 5) is 13.8. The fraction of sp³-hybridized carbons (Fsp3) is 0.182. The smallest absolute Gasteiger partial charge is 0.283 e. The average molecular weight is 440 g/mol. The zero-order chi connectivity index (χ0) is 21.3. The number of carbonyl (C=O) groups excluding carboxylic acids is 1. The molecule has 4 rings (SSSR count). The Balaban J connectivity index is 1.77. The van der Waals surface area contributed by atoms with Crippen LogP contribution in [-0.4, -0.2) is 31.3 Å². The Hall–Kier alpha value is -2.97. The zero-order valence-corrected chi connectivity index (χ0v) is 18.2. The number of hydrazone groups is 1. The predicted octanol–water partition coefficient (Wildman–Crippen LogP) is 4.42. The molecule has 1 amide bonds. The highest BCUT2D eigenvalue weighted by Gasteiger charge is 2.34. The van der Waals surface area contributed by atoms with Crippen molar-refractivity contribution in [2.75, 3.05) is 11.0 Å². The molecule has 0 aliphatic carbocycles. The lowest BCUT2D eigenvalue weighted by Gasteiger charge is -2.21. The summed E-state index contributed by atoms with van der Waals surface area (Å²) in [6, 6.07) is 18.5. The Morgan fingerprint density at radius 1 is 1.13 bits per heavy atom. The van der Waals surface area contributed by atoms with E-state index in [1.807, 2.05) is 48.7 Å². The summed E-state index contributed by atoms with van der Waals surface area (Å²) < 4.78 is 26.2. The maximum atomic E-state index is 13.2. The number of sulfonamides is 1. The van der Waals surface area contributed by atoms with Gasteiger partial charge in [0.1, 0.15) is 0 Å². The molecule has 0 bridgehead atoms. The maximum Gasteiger partial charge on any atom is 0.284 e. The number of nitrogens with one attached hydrogen (secondary N) is 1. The minimum Gasteiger partial charge on any atom is -0.283 e. The fourth-order valence-electron chi connectivity index (χ4n) is 3.53. The number of hydrogen-bond acceptors (Lipinski definition) is 5. The van der Waals surface area contributed by atoms with E-state index in [0.29, 0.717) is 28.3 Å². The third-order valence-electron chi connectivity index (χ3n) is 4.81. The summed E-state index contributed by atoms with van der Waals surface area (Å²) in [6.45, 7) is 2.01. The molecule has 8 heteroatoms. The molecule has 3 aromatic rings. The van der Waals surface area contributed by atoms with Gasteiger partial charge in [-0.2, -0.15) is 5.10 Å². The highest BCUT2D eigenvalue weighted by molar-refractivity contribution is 7.92. The molecule has 1 aliphatic rings. The van der Waals surface area contributed by atoms with Crippen LogP contribution in [0, 0.1) is 6.92 Å². The van der Waals surface area contributed by atoms with E-state index in [9.17, 15) is 13.2 Å². The first kappa shape index (κ1) is 20.3. The van der Waals surface area contributed by atoms with Crippen LogP contribution in [0.5, 0.6) is 0 Å². The number of benzene rings is 2. The van der Waals surface area contributed by atoms with Gasteiger partial charge in [-0.05, 0) is 30.0 Å². The monoisotopic (exact) mass is 439 g/mol. The van der Waals surface area contributed by atoms with E-state index < -0.39 is 10.0 Å². The number of carbonyl (C=O) groups is 1. The van der Waals surface area contributed by atoms with Gasteiger partial charge in [0.05, 0.1) is 28.6 Å². The summed E-state index contributed by atoms with van der Waals surface area (Å²) in [5.41, 5.74) is 3.88. The van der Waals surface area contributed by atoms with Gasteiger partial charge in [-0.3, -0.25) is 9.52 Å². The predicted molar refractivity (Wildman–Crippen MR) is 120 cm³/mol. The van der Waals surface area contributed by atoms with Crippen LogP contribution < -0.4 is 4.72 Å². The molecule has 0 unspecified atom stereocenters. The van der Waals surface area contributed by atoms with Crippen molar-refractivity contribution in [3.8, 4) is 0 Å². The molecule has 0 saturated heterocycles.